The van der Waals surface area contributed by atoms with E-state index in [0.29, 0.717) is 24.3 Å². The van der Waals surface area contributed by atoms with E-state index >= 15 is 0 Å². The average molecular weight is 323 g/mol. The molecular formula is C10H17N3O3S3. The average Bonchev–Trinajstić information content (AvgIpc) is 2.39. The van der Waals surface area contributed by atoms with E-state index in [9.17, 15) is 14.4 Å². The molecule has 0 spiro atoms. The second kappa shape index (κ2) is 7.91. The maximum absolute atomic E-state index is 12.1. The molecule has 0 fully saturated rings. The fourth-order valence-corrected chi connectivity index (χ4v) is 2.17. The van der Waals surface area contributed by atoms with Crippen molar-refractivity contribution in [2.24, 2.45) is 0 Å². The van der Waals surface area contributed by atoms with Crippen LogP contribution in [0.15, 0.2) is 14.4 Å². The minimum Gasteiger partial charge on any atom is -0.247 e. The Hall–Kier alpha value is -0.540. The van der Waals surface area contributed by atoms with Crippen LogP contribution in [-0.4, -0.2) is 25.2 Å². The Labute approximate surface area is 126 Å². The van der Waals surface area contributed by atoms with Crippen molar-refractivity contribution in [2.45, 2.75) is 31.8 Å². The number of hydrogen-bond donors (Lipinski definition) is 3. The lowest BCUT2D eigenvalue weighted by molar-refractivity contribution is 0.464. The molecule has 1 aromatic rings. The van der Waals surface area contributed by atoms with Gasteiger partial charge in [-0.2, -0.15) is 37.9 Å². The van der Waals surface area contributed by atoms with Gasteiger partial charge in [0.1, 0.15) is 0 Å². The van der Waals surface area contributed by atoms with Crippen molar-refractivity contribution in [1.82, 2.24) is 13.7 Å². The maximum Gasteiger partial charge on any atom is 0.337 e. The Balaban J connectivity index is 3.43. The van der Waals surface area contributed by atoms with Crippen molar-refractivity contribution < 1.29 is 0 Å². The highest BCUT2D eigenvalue weighted by Gasteiger charge is 2.13. The number of hydrogen-bond acceptors (Lipinski definition) is 6. The first-order valence-electron chi connectivity index (χ1n) is 5.85. The second-order valence-electron chi connectivity index (χ2n) is 3.87. The topological polar surface area (TPSA) is 66.0 Å². The van der Waals surface area contributed by atoms with Crippen LogP contribution in [0.5, 0.6) is 0 Å². The van der Waals surface area contributed by atoms with Crippen LogP contribution in [0.2, 0.25) is 0 Å². The highest BCUT2D eigenvalue weighted by Crippen LogP contribution is 1.89. The van der Waals surface area contributed by atoms with Crippen LogP contribution in [0.4, 0.5) is 0 Å². The third-order valence-electron chi connectivity index (χ3n) is 2.61. The summed E-state index contributed by atoms with van der Waals surface area (Å²) in [5, 5.41) is 0. The minimum atomic E-state index is -0.617. The van der Waals surface area contributed by atoms with Crippen LogP contribution in [-0.2, 0) is 19.0 Å². The summed E-state index contributed by atoms with van der Waals surface area (Å²) in [6, 6.07) is 0. The van der Waals surface area contributed by atoms with Crippen LogP contribution in [0.25, 0.3) is 0 Å². The largest absolute Gasteiger partial charge is 0.337 e. The van der Waals surface area contributed by atoms with Crippen LogP contribution in [0.3, 0.4) is 0 Å². The van der Waals surface area contributed by atoms with E-state index in [1.807, 2.05) is 0 Å². The summed E-state index contributed by atoms with van der Waals surface area (Å²) in [5.74, 6) is 1.06. The number of thiol groups is 3. The summed E-state index contributed by atoms with van der Waals surface area (Å²) in [4.78, 5) is 36.1. The normalized spacial score (nSPS) is 10.9. The van der Waals surface area contributed by atoms with Crippen molar-refractivity contribution in [2.75, 3.05) is 11.5 Å². The Morgan fingerprint density at radius 1 is 0.684 bits per heavy atom. The van der Waals surface area contributed by atoms with Crippen molar-refractivity contribution in [3.05, 3.63) is 31.5 Å². The number of aromatic nitrogens is 3. The van der Waals surface area contributed by atoms with Gasteiger partial charge in [0.2, 0.25) is 0 Å². The van der Waals surface area contributed by atoms with Gasteiger partial charge in [0.05, 0.1) is 5.88 Å². The van der Waals surface area contributed by atoms with Gasteiger partial charge in [0, 0.05) is 13.1 Å². The first kappa shape index (κ1) is 16.5. The summed E-state index contributed by atoms with van der Waals surface area (Å²) in [6.07, 6.45) is 1.16. The van der Waals surface area contributed by atoms with E-state index in [1.165, 1.54) is 0 Å². The molecule has 0 atom stereocenters. The van der Waals surface area contributed by atoms with E-state index in [4.69, 9.17) is 0 Å². The first-order valence-corrected chi connectivity index (χ1v) is 7.75. The molecule has 0 saturated heterocycles. The third-order valence-corrected chi connectivity index (χ3v) is 3.52. The molecule has 9 heteroatoms. The highest BCUT2D eigenvalue weighted by atomic mass is 32.1. The van der Waals surface area contributed by atoms with Crippen LogP contribution >= 0.6 is 37.9 Å². The van der Waals surface area contributed by atoms with Crippen LogP contribution in [0, 0.1) is 0 Å². The molecule has 108 valence electrons. The predicted molar refractivity (Wildman–Crippen MR) is 85.1 cm³/mol. The molecule has 0 bridgehead atoms. The zero-order valence-electron chi connectivity index (χ0n) is 10.4. The zero-order chi connectivity index (χ0) is 14.4. The third kappa shape index (κ3) is 3.73. The van der Waals surface area contributed by atoms with Crippen molar-refractivity contribution in [3.8, 4) is 0 Å². The quantitative estimate of drug-likeness (QED) is 0.604. The molecule has 1 aromatic heterocycles. The summed E-state index contributed by atoms with van der Waals surface area (Å²) < 4.78 is 3.07. The van der Waals surface area contributed by atoms with E-state index in [0.717, 1.165) is 13.7 Å². The van der Waals surface area contributed by atoms with Gasteiger partial charge >= 0.3 is 17.1 Å². The predicted octanol–water partition coefficient (Wildman–Crippen LogP) is -0.301. The molecule has 1 heterocycles. The van der Waals surface area contributed by atoms with E-state index in [2.05, 4.69) is 37.9 Å². The molecule has 19 heavy (non-hydrogen) atoms. The Bertz CT molecular complexity index is 544. The maximum atomic E-state index is 12.1. The van der Waals surface area contributed by atoms with E-state index in [1.54, 1.807) is 0 Å². The van der Waals surface area contributed by atoms with Crippen molar-refractivity contribution >= 4 is 37.9 Å². The first-order chi connectivity index (χ1) is 9.08. The van der Waals surface area contributed by atoms with Crippen molar-refractivity contribution in [3.63, 3.8) is 0 Å². The molecule has 0 aliphatic rings. The summed E-state index contributed by atoms with van der Waals surface area (Å²) >= 11 is 12.1. The Morgan fingerprint density at radius 2 is 1.05 bits per heavy atom. The summed E-state index contributed by atoms with van der Waals surface area (Å²) in [5.41, 5.74) is -1.81. The van der Waals surface area contributed by atoms with Gasteiger partial charge in [-0.25, -0.2) is 28.1 Å². The SMILES string of the molecule is O=c1n(CS)c(=O)n(CCCS)c(=O)n1CCCS. The lowest BCUT2D eigenvalue weighted by atomic mass is 10.4. The molecule has 0 unspecified atom stereocenters. The molecule has 0 N–H and O–H groups in total. The Morgan fingerprint density at radius 3 is 1.37 bits per heavy atom. The van der Waals surface area contributed by atoms with E-state index in [-0.39, 0.29) is 19.0 Å². The van der Waals surface area contributed by atoms with Gasteiger partial charge in [-0.15, -0.1) is 0 Å². The van der Waals surface area contributed by atoms with Crippen LogP contribution < -0.4 is 17.1 Å². The molecular weight excluding hydrogens is 306 g/mol. The van der Waals surface area contributed by atoms with Gasteiger partial charge in [0.15, 0.2) is 0 Å². The lowest BCUT2D eigenvalue weighted by Crippen LogP contribution is -2.54. The van der Waals surface area contributed by atoms with Gasteiger partial charge in [0.25, 0.3) is 0 Å². The van der Waals surface area contributed by atoms with Gasteiger partial charge in [-0.05, 0) is 24.3 Å². The smallest absolute Gasteiger partial charge is 0.247 e. The molecule has 0 saturated carbocycles. The zero-order valence-corrected chi connectivity index (χ0v) is 13.0. The minimum absolute atomic E-state index is 0.0559. The molecule has 0 amide bonds. The lowest BCUT2D eigenvalue weighted by Gasteiger charge is -2.12. The van der Waals surface area contributed by atoms with E-state index < -0.39 is 17.1 Å². The van der Waals surface area contributed by atoms with Crippen molar-refractivity contribution in [1.29, 1.82) is 0 Å². The molecule has 6 nitrogen and oxygen atoms in total. The molecule has 0 aromatic carbocycles. The highest BCUT2D eigenvalue weighted by molar-refractivity contribution is 7.80. The van der Waals surface area contributed by atoms with Gasteiger partial charge < -0.3 is 0 Å². The second-order valence-corrected chi connectivity index (χ2v) is 5.05. The Kier molecular flexibility index (Phi) is 6.87. The number of rotatable bonds is 7. The standard InChI is InChI=1S/C10H17N3O3S3/c14-8-11(3-1-5-17)9(15)13(7-19)10(16)12(8)4-2-6-18/h17-19H,1-7H2. The summed E-state index contributed by atoms with van der Waals surface area (Å²) in [6.45, 7) is 0.492. The fraction of sp³-hybridized carbons (Fsp3) is 0.700. The monoisotopic (exact) mass is 323 g/mol. The molecule has 1 rings (SSSR count). The summed E-state index contributed by atoms with van der Waals surface area (Å²) in [7, 11) is 0. The number of nitrogens with zero attached hydrogens (tertiary/aromatic N) is 3. The van der Waals surface area contributed by atoms with Crippen LogP contribution in [0.1, 0.15) is 12.8 Å². The molecule has 0 aliphatic heterocycles. The molecule has 0 radical (unpaired) electrons. The molecule has 0 aliphatic carbocycles. The fourth-order valence-electron chi connectivity index (χ4n) is 1.64. The van der Waals surface area contributed by atoms with Gasteiger partial charge in [-0.1, -0.05) is 0 Å². The van der Waals surface area contributed by atoms with Gasteiger partial charge in [-0.3, -0.25) is 0 Å².